The van der Waals surface area contributed by atoms with Crippen LogP contribution in [0.3, 0.4) is 0 Å². The van der Waals surface area contributed by atoms with Gasteiger partial charge in [0.2, 0.25) is 11.8 Å². The average Bonchev–Trinajstić information content (AvgIpc) is 3.87. The van der Waals surface area contributed by atoms with E-state index in [4.69, 9.17) is 16.3 Å². The molecule has 0 spiro atoms. The maximum absolute atomic E-state index is 13.9. The minimum absolute atomic E-state index is 0.0444. The number of amides is 5. The predicted molar refractivity (Wildman–Crippen MR) is 220 cm³/mol. The molecule has 59 heavy (non-hydrogen) atoms. The highest BCUT2D eigenvalue weighted by Crippen LogP contribution is 2.59. The maximum Gasteiger partial charge on any atom is 0.262 e. The molecular weight excluding hydrogens is 770 g/mol. The number of imide groups is 2. The normalized spacial score (nSPS) is 26.1. The van der Waals surface area contributed by atoms with E-state index in [-0.39, 0.29) is 41.7 Å². The van der Waals surface area contributed by atoms with Gasteiger partial charge >= 0.3 is 0 Å². The van der Waals surface area contributed by atoms with Crippen LogP contribution >= 0.6 is 11.6 Å². The number of piperazine rings is 1. The molecule has 5 heterocycles. The van der Waals surface area contributed by atoms with Gasteiger partial charge < -0.3 is 19.4 Å². The lowest BCUT2D eigenvalue weighted by molar-refractivity contribution is -0.199. The van der Waals surface area contributed by atoms with Gasteiger partial charge in [-0.05, 0) is 72.9 Å². The van der Waals surface area contributed by atoms with Gasteiger partial charge in [-0.1, -0.05) is 39.3 Å². The third-order valence-electron chi connectivity index (χ3n) is 13.6. The minimum Gasteiger partial charge on any atom is -0.489 e. The van der Waals surface area contributed by atoms with E-state index in [0.717, 1.165) is 79.6 Å². The zero-order chi connectivity index (χ0) is 41.5. The highest BCUT2D eigenvalue weighted by atomic mass is 35.5. The fraction of sp³-hybridized carbons (Fsp3) is 0.467. The molecule has 9 rings (SSSR count). The number of fused-ring (bicyclic) bond motifs is 2. The number of carbonyl (C=O) groups excluding carboxylic acids is 5. The Morgan fingerprint density at radius 2 is 1.49 bits per heavy atom. The monoisotopic (exact) mass is 817 g/mol. The van der Waals surface area contributed by atoms with Crippen molar-refractivity contribution >= 4 is 52.5 Å². The average molecular weight is 818 g/mol. The van der Waals surface area contributed by atoms with Gasteiger partial charge in [0.05, 0.1) is 21.7 Å². The van der Waals surface area contributed by atoms with Crippen LogP contribution in [-0.4, -0.2) is 108 Å². The summed E-state index contributed by atoms with van der Waals surface area (Å²) in [5.74, 6) is -0.855. The van der Waals surface area contributed by atoms with E-state index in [2.05, 4.69) is 65.9 Å². The van der Waals surface area contributed by atoms with Crippen LogP contribution in [0.4, 0.5) is 11.4 Å². The molecule has 5 aliphatic heterocycles. The summed E-state index contributed by atoms with van der Waals surface area (Å²) in [4.78, 5) is 74.9. The van der Waals surface area contributed by atoms with E-state index in [0.29, 0.717) is 39.9 Å². The lowest BCUT2D eigenvalue weighted by Crippen LogP contribution is -2.74. The van der Waals surface area contributed by atoms with Crippen LogP contribution < -0.4 is 19.9 Å². The van der Waals surface area contributed by atoms with Crippen LogP contribution in [0, 0.1) is 28.1 Å². The van der Waals surface area contributed by atoms with Crippen LogP contribution in [0.5, 0.6) is 5.75 Å². The summed E-state index contributed by atoms with van der Waals surface area (Å²) in [6.45, 7) is 15.5. The molecule has 306 valence electrons. The molecule has 0 bridgehead atoms. The number of ether oxygens (including phenoxy) is 1. The summed E-state index contributed by atoms with van der Waals surface area (Å²) in [5.41, 5.74) is 4.18. The molecule has 1 saturated carbocycles. The smallest absolute Gasteiger partial charge is 0.262 e. The molecule has 3 aromatic carbocycles. The summed E-state index contributed by atoms with van der Waals surface area (Å²) in [6.07, 6.45) is 1.07. The molecule has 5 amide bonds. The molecule has 0 radical (unpaired) electrons. The predicted octanol–water partition coefficient (Wildman–Crippen LogP) is 5.10. The number of anilines is 2. The fourth-order valence-electron chi connectivity index (χ4n) is 11.2. The lowest BCUT2D eigenvalue weighted by Gasteiger charge is -2.65. The molecule has 6 aliphatic rings. The van der Waals surface area contributed by atoms with Crippen molar-refractivity contribution in [3.63, 3.8) is 0 Å². The van der Waals surface area contributed by atoms with Gasteiger partial charge in [0, 0.05) is 98.7 Å². The highest BCUT2D eigenvalue weighted by Gasteiger charge is 2.67. The second kappa shape index (κ2) is 14.4. The maximum atomic E-state index is 13.9. The van der Waals surface area contributed by atoms with E-state index in [1.165, 1.54) is 0 Å². The van der Waals surface area contributed by atoms with Gasteiger partial charge in [0.25, 0.3) is 17.7 Å². The van der Waals surface area contributed by atoms with E-state index in [1.807, 2.05) is 17.0 Å². The third kappa shape index (κ3) is 6.52. The molecule has 3 aromatic rings. The van der Waals surface area contributed by atoms with Gasteiger partial charge in [0.1, 0.15) is 24.0 Å². The summed E-state index contributed by atoms with van der Waals surface area (Å²) >= 11 is 6.31. The number of rotatable bonds is 8. The Hall–Kier alpha value is -5.45. The summed E-state index contributed by atoms with van der Waals surface area (Å²) in [5, 5.41) is 11.9. The number of hydrogen-bond donors (Lipinski definition) is 1. The molecule has 0 aromatic heterocycles. The first-order valence-corrected chi connectivity index (χ1v) is 20.9. The fourth-order valence-corrected chi connectivity index (χ4v) is 11.4. The second-order valence-electron chi connectivity index (χ2n) is 18.1. The van der Waals surface area contributed by atoms with Crippen molar-refractivity contribution in [2.45, 2.75) is 71.7 Å². The minimum atomic E-state index is -0.978. The van der Waals surface area contributed by atoms with Crippen molar-refractivity contribution in [2.75, 3.05) is 55.6 Å². The Morgan fingerprint density at radius 3 is 2.19 bits per heavy atom. The standard InChI is InChI=1S/C45H48ClN7O6/c1-44(2)42(45(3,4)43(44)59-31-8-5-27(22-47)35(46)21-31)52-25-28-19-29(6-9-32(28)39(52)56)50-17-15-49(16-18-50)23-26-13-14-51(24-26)30-7-10-33-34(20-30)41(58)53(40(33)57)36-11-12-37(54)48-38(36)55/h5-10,19-21,26,36,42-43H,11-18,23-25H2,1-4H3,(H,48,54,55)/t26-,36?,42-,43-/m0/s1. The van der Waals surface area contributed by atoms with Crippen molar-refractivity contribution in [1.29, 1.82) is 5.26 Å². The van der Waals surface area contributed by atoms with Crippen LogP contribution in [-0.2, 0) is 16.1 Å². The first-order chi connectivity index (χ1) is 28.1. The van der Waals surface area contributed by atoms with Crippen LogP contribution in [0.15, 0.2) is 54.6 Å². The van der Waals surface area contributed by atoms with Crippen LogP contribution in [0.25, 0.3) is 0 Å². The zero-order valence-corrected chi connectivity index (χ0v) is 34.6. The number of benzene rings is 3. The largest absolute Gasteiger partial charge is 0.489 e. The SMILES string of the molecule is CC1(C)[C@H](Oc2ccc(C#N)c(Cl)c2)C(C)(C)[C@H]1N1Cc2cc(N3CCN(C[C@@H]4CCN(c5ccc6c(c5)C(=O)N(C5CCC(=O)NC5=O)C6=O)C4)CC3)ccc2C1=O. The molecule has 1 unspecified atom stereocenters. The third-order valence-corrected chi connectivity index (χ3v) is 13.9. The Labute approximate surface area is 348 Å². The summed E-state index contributed by atoms with van der Waals surface area (Å²) in [7, 11) is 0. The number of piperidine rings is 1. The van der Waals surface area contributed by atoms with Gasteiger partial charge in [-0.3, -0.25) is 39.1 Å². The first kappa shape index (κ1) is 39.0. The van der Waals surface area contributed by atoms with Gasteiger partial charge in [-0.2, -0.15) is 5.26 Å². The van der Waals surface area contributed by atoms with Crippen molar-refractivity contribution in [3.8, 4) is 11.8 Å². The van der Waals surface area contributed by atoms with Gasteiger partial charge in [-0.15, -0.1) is 0 Å². The zero-order valence-electron chi connectivity index (χ0n) is 33.8. The van der Waals surface area contributed by atoms with Crippen molar-refractivity contribution in [3.05, 3.63) is 87.4 Å². The van der Waals surface area contributed by atoms with E-state index in [9.17, 15) is 29.2 Å². The first-order valence-electron chi connectivity index (χ1n) is 20.5. The highest BCUT2D eigenvalue weighted by molar-refractivity contribution is 6.31. The molecule has 1 N–H and O–H groups in total. The molecule has 2 atom stereocenters. The Kier molecular flexibility index (Phi) is 9.51. The Morgan fingerprint density at radius 1 is 0.797 bits per heavy atom. The van der Waals surface area contributed by atoms with Gasteiger partial charge in [-0.25, -0.2) is 0 Å². The van der Waals surface area contributed by atoms with Crippen molar-refractivity contribution in [2.24, 2.45) is 16.7 Å². The topological polar surface area (TPSA) is 147 Å². The van der Waals surface area contributed by atoms with E-state index < -0.39 is 29.7 Å². The summed E-state index contributed by atoms with van der Waals surface area (Å²) in [6, 6.07) is 17.8. The van der Waals surface area contributed by atoms with E-state index >= 15 is 0 Å². The molecule has 14 heteroatoms. The number of carbonyl (C=O) groups is 5. The second-order valence-corrected chi connectivity index (χ2v) is 18.5. The van der Waals surface area contributed by atoms with Crippen LogP contribution in [0.1, 0.15) is 89.2 Å². The quantitative estimate of drug-likeness (QED) is 0.305. The Balaban J connectivity index is 0.785. The number of nitrogens with zero attached hydrogens (tertiary/aromatic N) is 6. The van der Waals surface area contributed by atoms with Gasteiger partial charge in [0.15, 0.2) is 0 Å². The molecule has 13 nitrogen and oxygen atoms in total. The Bertz CT molecular complexity index is 2330. The number of halogens is 1. The number of nitrogens with one attached hydrogen (secondary N) is 1. The lowest BCUT2D eigenvalue weighted by atomic mass is 9.49. The van der Waals surface area contributed by atoms with Crippen molar-refractivity contribution < 1.29 is 28.7 Å². The molecule has 1 aliphatic carbocycles. The summed E-state index contributed by atoms with van der Waals surface area (Å²) < 4.78 is 6.50. The molecule has 4 fully saturated rings. The van der Waals surface area contributed by atoms with Crippen molar-refractivity contribution in [1.82, 2.24) is 20.0 Å². The molecular formula is C45H48ClN7O6. The van der Waals surface area contributed by atoms with Crippen LogP contribution in [0.2, 0.25) is 5.02 Å². The number of hydrogen-bond acceptors (Lipinski definition) is 10. The molecule has 3 saturated heterocycles. The van der Waals surface area contributed by atoms with E-state index in [1.54, 1.807) is 30.3 Å². The number of nitriles is 1.